The monoisotopic (exact) mass is 314 g/mol. The number of carbonyl (C=O) groups is 1. The van der Waals surface area contributed by atoms with Crippen molar-refractivity contribution in [3.63, 3.8) is 0 Å². The van der Waals surface area contributed by atoms with E-state index in [2.05, 4.69) is 20.6 Å². The first-order valence-corrected chi connectivity index (χ1v) is 6.57. The van der Waals surface area contributed by atoms with Gasteiger partial charge in [0.1, 0.15) is 0 Å². The number of anilines is 2. The van der Waals surface area contributed by atoms with Crippen molar-refractivity contribution >= 4 is 29.4 Å². The molecule has 0 saturated heterocycles. The summed E-state index contributed by atoms with van der Waals surface area (Å²) in [6.45, 7) is 0. The largest absolute Gasteiger partial charge is 0.453 e. The number of rotatable bonds is 5. The van der Waals surface area contributed by atoms with Gasteiger partial charge in [-0.25, -0.2) is 4.79 Å². The fourth-order valence-corrected chi connectivity index (χ4v) is 1.66. The Morgan fingerprint density at radius 1 is 1.13 bits per heavy atom. The number of nitrogens with one attached hydrogen (secondary N) is 2. The van der Waals surface area contributed by atoms with Crippen LogP contribution in [0.5, 0.6) is 0 Å². The molecule has 0 radical (unpaired) electrons. The number of hydrazone groups is 1. The van der Waals surface area contributed by atoms with E-state index in [-0.39, 0.29) is 5.69 Å². The van der Waals surface area contributed by atoms with E-state index in [0.717, 1.165) is 5.56 Å². The molecule has 23 heavy (non-hydrogen) atoms. The second-order valence-electron chi connectivity index (χ2n) is 4.41. The van der Waals surface area contributed by atoms with Crippen molar-refractivity contribution in [3.05, 3.63) is 64.2 Å². The van der Waals surface area contributed by atoms with E-state index < -0.39 is 11.0 Å². The number of hydrogen-bond donors (Lipinski definition) is 2. The SMILES string of the molecule is COC(=O)Nc1ccc(/C=N/Nc2ccc([N+](=O)[O-])cc2)cc1. The maximum Gasteiger partial charge on any atom is 0.411 e. The zero-order valence-electron chi connectivity index (χ0n) is 12.2. The highest BCUT2D eigenvalue weighted by Crippen LogP contribution is 2.15. The van der Waals surface area contributed by atoms with Gasteiger partial charge in [-0.3, -0.25) is 20.9 Å². The molecule has 0 aliphatic heterocycles. The van der Waals surface area contributed by atoms with Gasteiger partial charge < -0.3 is 4.74 Å². The van der Waals surface area contributed by atoms with Crippen LogP contribution in [0.25, 0.3) is 0 Å². The van der Waals surface area contributed by atoms with Crippen LogP contribution in [0.1, 0.15) is 5.56 Å². The van der Waals surface area contributed by atoms with Gasteiger partial charge in [0.05, 0.1) is 23.9 Å². The second-order valence-corrected chi connectivity index (χ2v) is 4.41. The number of hydrogen-bond acceptors (Lipinski definition) is 6. The number of ether oxygens (including phenoxy) is 1. The van der Waals surface area contributed by atoms with Crippen molar-refractivity contribution in [1.82, 2.24) is 0 Å². The molecular formula is C15H14N4O4. The van der Waals surface area contributed by atoms with Crippen LogP contribution in [0.4, 0.5) is 21.9 Å². The summed E-state index contributed by atoms with van der Waals surface area (Å²) in [5, 5.41) is 17.1. The Labute approximate surface area is 131 Å². The Hall–Kier alpha value is -3.42. The summed E-state index contributed by atoms with van der Waals surface area (Å²) in [6.07, 6.45) is 1.05. The normalized spacial score (nSPS) is 10.3. The average Bonchev–Trinajstić information content (AvgIpc) is 2.57. The molecule has 2 N–H and O–H groups in total. The highest BCUT2D eigenvalue weighted by Gasteiger charge is 2.03. The molecule has 0 bridgehead atoms. The Balaban J connectivity index is 1.92. The van der Waals surface area contributed by atoms with Crippen LogP contribution in [0.2, 0.25) is 0 Å². The third-order valence-corrected chi connectivity index (χ3v) is 2.83. The van der Waals surface area contributed by atoms with E-state index in [9.17, 15) is 14.9 Å². The van der Waals surface area contributed by atoms with Crippen molar-refractivity contribution in [2.45, 2.75) is 0 Å². The molecule has 0 atom stereocenters. The van der Waals surface area contributed by atoms with Gasteiger partial charge in [0.15, 0.2) is 0 Å². The molecule has 0 unspecified atom stereocenters. The standard InChI is InChI=1S/C15H14N4O4/c1-23-15(20)17-12-4-2-11(3-5-12)10-16-18-13-6-8-14(9-7-13)19(21)22/h2-10,18H,1H3,(H,17,20)/b16-10+. The summed E-state index contributed by atoms with van der Waals surface area (Å²) in [7, 11) is 1.29. The minimum absolute atomic E-state index is 0.0215. The van der Waals surface area contributed by atoms with E-state index in [1.807, 2.05) is 0 Å². The van der Waals surface area contributed by atoms with Crippen molar-refractivity contribution in [2.75, 3.05) is 17.9 Å². The Morgan fingerprint density at radius 3 is 2.30 bits per heavy atom. The number of non-ortho nitro benzene ring substituents is 1. The van der Waals surface area contributed by atoms with E-state index in [0.29, 0.717) is 11.4 Å². The summed E-state index contributed by atoms with van der Waals surface area (Å²) in [5.41, 5.74) is 4.85. The zero-order valence-corrected chi connectivity index (χ0v) is 12.2. The summed E-state index contributed by atoms with van der Waals surface area (Å²) >= 11 is 0. The number of methoxy groups -OCH3 is 1. The molecule has 0 aliphatic carbocycles. The molecule has 0 saturated carbocycles. The van der Waals surface area contributed by atoms with Crippen LogP contribution in [0, 0.1) is 10.1 Å². The molecule has 2 rings (SSSR count). The van der Waals surface area contributed by atoms with Gasteiger partial charge in [-0.15, -0.1) is 0 Å². The number of benzene rings is 2. The number of carbonyl (C=O) groups excluding carboxylic acids is 1. The van der Waals surface area contributed by atoms with Crippen LogP contribution in [-0.2, 0) is 4.74 Å². The fourth-order valence-electron chi connectivity index (χ4n) is 1.66. The lowest BCUT2D eigenvalue weighted by Crippen LogP contribution is -2.10. The molecule has 8 heteroatoms. The molecule has 0 heterocycles. The van der Waals surface area contributed by atoms with E-state index in [1.165, 1.54) is 19.2 Å². The maximum absolute atomic E-state index is 11.0. The van der Waals surface area contributed by atoms with Gasteiger partial charge in [-0.2, -0.15) is 5.10 Å². The topological polar surface area (TPSA) is 106 Å². The summed E-state index contributed by atoms with van der Waals surface area (Å²) < 4.78 is 4.49. The number of nitrogens with zero attached hydrogens (tertiary/aromatic N) is 2. The van der Waals surface area contributed by atoms with Crippen LogP contribution in [0.15, 0.2) is 53.6 Å². The smallest absolute Gasteiger partial charge is 0.411 e. The molecule has 1 amide bonds. The first-order chi connectivity index (χ1) is 11.1. The van der Waals surface area contributed by atoms with Gasteiger partial charge in [0.2, 0.25) is 0 Å². The molecule has 8 nitrogen and oxygen atoms in total. The Kier molecular flexibility index (Phi) is 5.24. The average molecular weight is 314 g/mol. The van der Waals surface area contributed by atoms with Gasteiger partial charge >= 0.3 is 6.09 Å². The highest BCUT2D eigenvalue weighted by molar-refractivity contribution is 5.86. The molecule has 2 aromatic rings. The predicted octanol–water partition coefficient (Wildman–Crippen LogP) is 3.22. The minimum Gasteiger partial charge on any atom is -0.453 e. The Morgan fingerprint density at radius 2 is 1.74 bits per heavy atom. The lowest BCUT2D eigenvalue weighted by atomic mass is 10.2. The van der Waals surface area contributed by atoms with E-state index in [1.54, 1.807) is 42.6 Å². The van der Waals surface area contributed by atoms with Crippen molar-refractivity contribution < 1.29 is 14.5 Å². The van der Waals surface area contributed by atoms with Crippen LogP contribution < -0.4 is 10.7 Å². The third kappa shape index (κ3) is 4.81. The molecule has 0 fully saturated rings. The predicted molar refractivity (Wildman–Crippen MR) is 86.8 cm³/mol. The molecule has 118 valence electrons. The van der Waals surface area contributed by atoms with Gasteiger partial charge in [-0.05, 0) is 29.8 Å². The summed E-state index contributed by atoms with van der Waals surface area (Å²) in [4.78, 5) is 21.1. The number of nitro benzene ring substituents is 1. The first kappa shape index (κ1) is 16.0. The van der Waals surface area contributed by atoms with Crippen LogP contribution in [-0.4, -0.2) is 24.3 Å². The van der Waals surface area contributed by atoms with Crippen molar-refractivity contribution in [1.29, 1.82) is 0 Å². The molecule has 0 spiro atoms. The quantitative estimate of drug-likeness (QED) is 0.500. The lowest BCUT2D eigenvalue weighted by molar-refractivity contribution is -0.384. The Bertz CT molecular complexity index is 711. The first-order valence-electron chi connectivity index (χ1n) is 6.57. The van der Waals surface area contributed by atoms with Crippen molar-refractivity contribution in [2.24, 2.45) is 5.10 Å². The lowest BCUT2D eigenvalue weighted by Gasteiger charge is -2.03. The summed E-state index contributed by atoms with van der Waals surface area (Å²) in [5.74, 6) is 0. The molecule has 2 aromatic carbocycles. The number of amides is 1. The van der Waals surface area contributed by atoms with Crippen LogP contribution >= 0.6 is 0 Å². The highest BCUT2D eigenvalue weighted by atomic mass is 16.6. The van der Waals surface area contributed by atoms with Crippen LogP contribution in [0.3, 0.4) is 0 Å². The fraction of sp³-hybridized carbons (Fsp3) is 0.0667. The molecule has 0 aliphatic rings. The van der Waals surface area contributed by atoms with Crippen molar-refractivity contribution in [3.8, 4) is 0 Å². The molecule has 0 aromatic heterocycles. The maximum atomic E-state index is 11.0. The van der Waals surface area contributed by atoms with Gasteiger partial charge in [0, 0.05) is 17.8 Å². The van der Waals surface area contributed by atoms with E-state index >= 15 is 0 Å². The number of nitro groups is 1. The minimum atomic E-state index is -0.536. The zero-order chi connectivity index (χ0) is 16.7. The van der Waals surface area contributed by atoms with Gasteiger partial charge in [0.25, 0.3) is 5.69 Å². The van der Waals surface area contributed by atoms with Gasteiger partial charge in [-0.1, -0.05) is 12.1 Å². The summed E-state index contributed by atoms with van der Waals surface area (Å²) in [6, 6.07) is 12.9. The second kappa shape index (κ2) is 7.55. The van der Waals surface area contributed by atoms with E-state index in [4.69, 9.17) is 0 Å². The third-order valence-electron chi connectivity index (χ3n) is 2.83. The molecular weight excluding hydrogens is 300 g/mol.